The van der Waals surface area contributed by atoms with E-state index in [-0.39, 0.29) is 12.0 Å². The molecule has 0 bridgehead atoms. The lowest BCUT2D eigenvalue weighted by Gasteiger charge is -2.20. The molecule has 0 aliphatic carbocycles. The van der Waals surface area contributed by atoms with Crippen LogP contribution in [0.3, 0.4) is 0 Å². The molecule has 0 radical (unpaired) electrons. The Labute approximate surface area is 186 Å². The van der Waals surface area contributed by atoms with Gasteiger partial charge in [0.2, 0.25) is 0 Å². The summed E-state index contributed by atoms with van der Waals surface area (Å²) >= 11 is 0. The summed E-state index contributed by atoms with van der Waals surface area (Å²) in [7, 11) is 0. The van der Waals surface area contributed by atoms with Crippen molar-refractivity contribution in [3.63, 3.8) is 0 Å². The quantitative estimate of drug-likeness (QED) is 0.330. The van der Waals surface area contributed by atoms with Crippen LogP contribution in [0, 0.1) is 10.8 Å². The molecule has 0 spiro atoms. The number of carbonyl (C=O) groups is 1. The highest BCUT2D eigenvalue weighted by Gasteiger charge is 2.26. The molecule has 0 atom stereocenters. The molecule has 172 valence electrons. The summed E-state index contributed by atoms with van der Waals surface area (Å²) in [4.78, 5) is 11.1. The number of aliphatic hydroxyl groups excluding tert-OH is 1. The van der Waals surface area contributed by atoms with Crippen molar-refractivity contribution in [1.82, 2.24) is 0 Å². The molecule has 0 saturated carbocycles. The maximum atomic E-state index is 11.1. The summed E-state index contributed by atoms with van der Waals surface area (Å²) in [5.41, 5.74) is -0.678. The Morgan fingerprint density at radius 3 is 1.77 bits per heavy atom. The van der Waals surface area contributed by atoms with Gasteiger partial charge in [0, 0.05) is 19.4 Å². The highest BCUT2D eigenvalue weighted by molar-refractivity contribution is 5.73. The predicted molar refractivity (Wildman–Crippen MR) is 124 cm³/mol. The summed E-state index contributed by atoms with van der Waals surface area (Å²) in [6, 6.07) is 7.91. The summed E-state index contributed by atoms with van der Waals surface area (Å²) < 4.78 is 11.7. The fourth-order valence-corrected chi connectivity index (χ4v) is 3.36. The van der Waals surface area contributed by atoms with Gasteiger partial charge in [0.25, 0.3) is 0 Å². The number of carboxylic acids is 1. The second kappa shape index (κ2) is 11.4. The number of unbranched alkanes of at least 4 members (excludes halogenated alkanes) is 2. The standard InChI is InChI=1S/C26H38O5/c1-25(2,19-27)17-7-5-9-20-11-13-22(30-20)15-16-23-14-12-21(31-23)10-6-8-18-26(3,4)24(28)29/h11-16,27H,5-10,17-19H2,1-4H3,(H,28,29)/b16-15-. The van der Waals surface area contributed by atoms with E-state index in [1.807, 2.05) is 36.4 Å². The molecule has 2 N–H and O–H groups in total. The van der Waals surface area contributed by atoms with E-state index >= 15 is 0 Å². The Balaban J connectivity index is 1.73. The molecule has 2 aromatic rings. The van der Waals surface area contributed by atoms with Crippen LogP contribution in [-0.4, -0.2) is 22.8 Å². The SMILES string of the molecule is CC(C)(CO)CCCCc1ccc(/C=C\c2ccc(CCCCC(C)(C)C(=O)O)o2)o1. The van der Waals surface area contributed by atoms with Crippen LogP contribution in [0.25, 0.3) is 12.2 Å². The molecule has 0 aliphatic rings. The summed E-state index contributed by atoms with van der Waals surface area (Å²) in [5.74, 6) is 2.74. The van der Waals surface area contributed by atoms with Crippen molar-refractivity contribution >= 4 is 18.1 Å². The van der Waals surface area contributed by atoms with E-state index < -0.39 is 11.4 Å². The summed E-state index contributed by atoms with van der Waals surface area (Å²) in [5, 5.41) is 18.5. The summed E-state index contributed by atoms with van der Waals surface area (Å²) in [6.07, 6.45) is 11.1. The first-order valence-corrected chi connectivity index (χ1v) is 11.3. The Hall–Kier alpha value is -2.27. The van der Waals surface area contributed by atoms with Gasteiger partial charge in [-0.1, -0.05) is 26.7 Å². The monoisotopic (exact) mass is 430 g/mol. The molecule has 5 nitrogen and oxygen atoms in total. The van der Waals surface area contributed by atoms with Crippen molar-refractivity contribution in [2.24, 2.45) is 10.8 Å². The zero-order valence-electron chi connectivity index (χ0n) is 19.4. The fraction of sp³-hybridized carbons (Fsp3) is 0.577. The van der Waals surface area contributed by atoms with Gasteiger partial charge < -0.3 is 19.0 Å². The number of rotatable bonds is 14. The molecule has 2 heterocycles. The highest BCUT2D eigenvalue weighted by atomic mass is 16.4. The minimum Gasteiger partial charge on any atom is -0.481 e. The molecule has 0 fully saturated rings. The summed E-state index contributed by atoms with van der Waals surface area (Å²) in [6.45, 7) is 7.93. The van der Waals surface area contributed by atoms with Gasteiger partial charge in [0.1, 0.15) is 23.0 Å². The van der Waals surface area contributed by atoms with Crippen molar-refractivity contribution in [2.45, 2.75) is 79.1 Å². The number of hydrogen-bond acceptors (Lipinski definition) is 4. The Morgan fingerprint density at radius 2 is 1.32 bits per heavy atom. The minimum atomic E-state index is -0.746. The second-order valence-electron chi connectivity index (χ2n) is 9.87. The second-order valence-corrected chi connectivity index (χ2v) is 9.87. The van der Waals surface area contributed by atoms with Gasteiger partial charge in [-0.05, 0) is 81.4 Å². The van der Waals surface area contributed by atoms with Crippen LogP contribution in [0.15, 0.2) is 33.1 Å². The van der Waals surface area contributed by atoms with Crippen LogP contribution < -0.4 is 0 Å². The molecule has 0 aliphatic heterocycles. The van der Waals surface area contributed by atoms with Gasteiger partial charge in [-0.2, -0.15) is 0 Å². The van der Waals surface area contributed by atoms with Gasteiger partial charge in [-0.25, -0.2) is 0 Å². The number of aliphatic hydroxyl groups is 1. The third-order valence-corrected chi connectivity index (χ3v) is 5.79. The van der Waals surface area contributed by atoms with Crippen LogP contribution in [0.1, 0.15) is 89.3 Å². The van der Waals surface area contributed by atoms with Crippen LogP contribution in [0.5, 0.6) is 0 Å². The van der Waals surface area contributed by atoms with E-state index in [0.717, 1.165) is 68.0 Å². The Morgan fingerprint density at radius 1 is 0.839 bits per heavy atom. The number of hydrogen-bond donors (Lipinski definition) is 2. The van der Waals surface area contributed by atoms with Crippen molar-refractivity contribution in [3.8, 4) is 0 Å². The first kappa shape index (κ1) is 25.0. The van der Waals surface area contributed by atoms with Crippen LogP contribution in [-0.2, 0) is 17.6 Å². The normalized spacial score (nSPS) is 12.7. The Kier molecular flexibility index (Phi) is 9.17. The molecular weight excluding hydrogens is 392 g/mol. The van der Waals surface area contributed by atoms with E-state index in [1.54, 1.807) is 13.8 Å². The number of aryl methyl sites for hydroxylation is 2. The highest BCUT2D eigenvalue weighted by Crippen LogP contribution is 2.25. The first-order chi connectivity index (χ1) is 14.6. The van der Waals surface area contributed by atoms with Crippen LogP contribution >= 0.6 is 0 Å². The topological polar surface area (TPSA) is 83.8 Å². The Bertz CT molecular complexity index is 838. The van der Waals surface area contributed by atoms with Crippen molar-refractivity contribution in [2.75, 3.05) is 6.61 Å². The van der Waals surface area contributed by atoms with E-state index in [0.29, 0.717) is 6.42 Å². The molecule has 2 rings (SSSR count). The maximum Gasteiger partial charge on any atom is 0.309 e. The predicted octanol–water partition coefficient (Wildman–Crippen LogP) is 6.60. The zero-order chi connectivity index (χ0) is 22.9. The first-order valence-electron chi connectivity index (χ1n) is 11.3. The maximum absolute atomic E-state index is 11.1. The smallest absolute Gasteiger partial charge is 0.309 e. The van der Waals surface area contributed by atoms with Gasteiger partial charge in [-0.15, -0.1) is 0 Å². The minimum absolute atomic E-state index is 0.00594. The largest absolute Gasteiger partial charge is 0.481 e. The number of furan rings is 2. The lowest BCUT2D eigenvalue weighted by Crippen LogP contribution is -2.23. The van der Waals surface area contributed by atoms with Gasteiger partial charge >= 0.3 is 5.97 Å². The van der Waals surface area contributed by atoms with Crippen LogP contribution in [0.4, 0.5) is 0 Å². The molecule has 0 saturated heterocycles. The zero-order valence-corrected chi connectivity index (χ0v) is 19.4. The third-order valence-electron chi connectivity index (χ3n) is 5.79. The van der Waals surface area contributed by atoms with Crippen molar-refractivity contribution < 1.29 is 23.8 Å². The van der Waals surface area contributed by atoms with E-state index in [9.17, 15) is 9.90 Å². The lowest BCUT2D eigenvalue weighted by atomic mass is 9.87. The number of aliphatic carboxylic acids is 1. The molecule has 31 heavy (non-hydrogen) atoms. The average Bonchev–Trinajstić information content (AvgIpc) is 3.36. The van der Waals surface area contributed by atoms with E-state index in [4.69, 9.17) is 13.9 Å². The molecule has 0 unspecified atom stereocenters. The molecule has 0 amide bonds. The lowest BCUT2D eigenvalue weighted by molar-refractivity contribution is -0.147. The molecule has 0 aromatic carbocycles. The van der Waals surface area contributed by atoms with Gasteiger partial charge in [-0.3, -0.25) is 4.79 Å². The van der Waals surface area contributed by atoms with Gasteiger partial charge in [0.05, 0.1) is 5.41 Å². The van der Waals surface area contributed by atoms with Crippen molar-refractivity contribution in [3.05, 3.63) is 47.3 Å². The third kappa shape index (κ3) is 8.78. The molecular formula is C26H38O5. The van der Waals surface area contributed by atoms with E-state index in [1.165, 1.54) is 0 Å². The fourth-order valence-electron chi connectivity index (χ4n) is 3.36. The number of carboxylic acid groups (broad SMARTS) is 1. The molecule has 2 aromatic heterocycles. The van der Waals surface area contributed by atoms with Crippen molar-refractivity contribution in [1.29, 1.82) is 0 Å². The molecule has 5 heteroatoms. The van der Waals surface area contributed by atoms with E-state index in [2.05, 4.69) is 13.8 Å². The van der Waals surface area contributed by atoms with Gasteiger partial charge in [0.15, 0.2) is 0 Å². The van der Waals surface area contributed by atoms with Crippen LogP contribution in [0.2, 0.25) is 0 Å². The average molecular weight is 431 g/mol.